The van der Waals surface area contributed by atoms with Crippen molar-refractivity contribution in [1.29, 1.82) is 0 Å². The quantitative estimate of drug-likeness (QED) is 0.542. The first-order valence-electron chi connectivity index (χ1n) is 12.6. The molecule has 3 amide bonds. The summed E-state index contributed by atoms with van der Waals surface area (Å²) in [4.78, 5) is 42.3. The van der Waals surface area contributed by atoms with Crippen molar-refractivity contribution in [3.63, 3.8) is 0 Å². The maximum Gasteiger partial charge on any atom is 0.286 e. The number of nitrogens with one attached hydrogen (secondary N) is 2. The predicted octanol–water partition coefficient (Wildman–Crippen LogP) is 3.02. The van der Waals surface area contributed by atoms with Crippen LogP contribution < -0.4 is 10.6 Å². The molecule has 2 aliphatic rings. The van der Waals surface area contributed by atoms with Crippen molar-refractivity contribution >= 4 is 34.7 Å². The Bertz CT molecular complexity index is 990. The van der Waals surface area contributed by atoms with Gasteiger partial charge in [-0.15, -0.1) is 10.2 Å². The molecule has 2 N–H and O–H groups in total. The highest BCUT2D eigenvalue weighted by Crippen LogP contribution is 2.21. The van der Waals surface area contributed by atoms with Gasteiger partial charge in [0, 0.05) is 25.3 Å². The fourth-order valence-electron chi connectivity index (χ4n) is 4.64. The van der Waals surface area contributed by atoms with Crippen LogP contribution in [0, 0.1) is 5.92 Å². The van der Waals surface area contributed by atoms with Gasteiger partial charge in [0.05, 0.1) is 5.92 Å². The first-order chi connectivity index (χ1) is 17.1. The van der Waals surface area contributed by atoms with Gasteiger partial charge in [0.15, 0.2) is 0 Å². The molecule has 3 heterocycles. The summed E-state index contributed by atoms with van der Waals surface area (Å²) in [6, 6.07) is 9.06. The lowest BCUT2D eigenvalue weighted by atomic mass is 9.97. The normalized spacial score (nSPS) is 19.1. The summed E-state index contributed by atoms with van der Waals surface area (Å²) in [5.74, 6) is -0.887. The highest BCUT2D eigenvalue weighted by molar-refractivity contribution is 7.15. The van der Waals surface area contributed by atoms with Crippen LogP contribution >= 0.6 is 11.3 Å². The van der Waals surface area contributed by atoms with E-state index in [-0.39, 0.29) is 27.7 Å². The molecule has 0 aliphatic carbocycles. The third kappa shape index (κ3) is 7.32. The fraction of sp³-hybridized carbons (Fsp3) is 0.560. The van der Waals surface area contributed by atoms with Crippen LogP contribution in [0.2, 0.25) is 0 Å². The average molecular weight is 499 g/mol. The zero-order valence-electron chi connectivity index (χ0n) is 20.1. The van der Waals surface area contributed by atoms with Gasteiger partial charge in [0.2, 0.25) is 15.9 Å². The van der Waals surface area contributed by atoms with Crippen molar-refractivity contribution < 1.29 is 14.4 Å². The van der Waals surface area contributed by atoms with E-state index < -0.39 is 5.91 Å². The second-order valence-corrected chi connectivity index (χ2v) is 10.2. The molecule has 1 aromatic carbocycles. The van der Waals surface area contributed by atoms with Crippen molar-refractivity contribution in [3.8, 4) is 0 Å². The van der Waals surface area contributed by atoms with E-state index in [0.717, 1.165) is 50.2 Å². The Morgan fingerprint density at radius 3 is 2.46 bits per heavy atom. The van der Waals surface area contributed by atoms with Crippen LogP contribution in [0.4, 0.5) is 5.69 Å². The van der Waals surface area contributed by atoms with Crippen LogP contribution in [-0.2, 0) is 4.79 Å². The third-order valence-electron chi connectivity index (χ3n) is 6.56. The summed E-state index contributed by atoms with van der Waals surface area (Å²) in [6.07, 6.45) is 7.66. The molecule has 10 heteroatoms. The van der Waals surface area contributed by atoms with Crippen molar-refractivity contribution in [1.82, 2.24) is 25.3 Å². The topological polar surface area (TPSA) is 108 Å². The lowest BCUT2D eigenvalue weighted by molar-refractivity contribution is -0.126. The van der Waals surface area contributed by atoms with Crippen molar-refractivity contribution in [2.75, 3.05) is 44.6 Å². The van der Waals surface area contributed by atoms with E-state index >= 15 is 0 Å². The highest BCUT2D eigenvalue weighted by Gasteiger charge is 2.30. The molecule has 2 fully saturated rings. The van der Waals surface area contributed by atoms with Crippen LogP contribution in [0.1, 0.15) is 64.6 Å². The number of rotatable bonds is 8. The summed E-state index contributed by atoms with van der Waals surface area (Å²) in [5, 5.41) is 14.0. The molecule has 4 rings (SSSR count). The smallest absolute Gasteiger partial charge is 0.286 e. The molecule has 0 radical (unpaired) electrons. The van der Waals surface area contributed by atoms with Crippen molar-refractivity contribution in [2.45, 2.75) is 44.9 Å². The van der Waals surface area contributed by atoms with Crippen LogP contribution in [0.3, 0.4) is 0 Å². The summed E-state index contributed by atoms with van der Waals surface area (Å²) in [7, 11) is 0. The molecule has 2 aliphatic heterocycles. The average Bonchev–Trinajstić information content (AvgIpc) is 3.24. The number of piperidine rings is 1. The van der Waals surface area contributed by atoms with Crippen molar-refractivity contribution in [2.24, 2.45) is 5.92 Å². The number of likely N-dealkylation sites (tertiary alicyclic amines) is 2. The first-order valence-corrected chi connectivity index (χ1v) is 13.4. The number of aromatic nitrogens is 2. The van der Waals surface area contributed by atoms with Crippen LogP contribution in [0.25, 0.3) is 0 Å². The van der Waals surface area contributed by atoms with E-state index in [1.54, 1.807) is 17.0 Å². The number of anilines is 1. The molecule has 0 spiro atoms. The van der Waals surface area contributed by atoms with Gasteiger partial charge in [0.25, 0.3) is 11.8 Å². The Labute approximate surface area is 210 Å². The van der Waals surface area contributed by atoms with Crippen LogP contribution in [0.5, 0.6) is 0 Å². The Morgan fingerprint density at radius 2 is 1.69 bits per heavy atom. The van der Waals surface area contributed by atoms with Gasteiger partial charge in [-0.25, -0.2) is 0 Å². The Morgan fingerprint density at radius 1 is 0.943 bits per heavy atom. The third-order valence-corrected chi connectivity index (χ3v) is 7.47. The molecule has 35 heavy (non-hydrogen) atoms. The minimum atomic E-state index is -0.399. The maximum absolute atomic E-state index is 13.0. The molecule has 9 nitrogen and oxygen atoms in total. The number of carbonyl (C=O) groups excluding carboxylic acids is 3. The molecular formula is C25H34N6O3S. The molecule has 1 atom stereocenters. The molecular weight excluding hydrogens is 464 g/mol. The van der Waals surface area contributed by atoms with E-state index in [2.05, 4.69) is 25.7 Å². The number of carbonyl (C=O) groups is 3. The summed E-state index contributed by atoms with van der Waals surface area (Å²) < 4.78 is 0. The van der Waals surface area contributed by atoms with Gasteiger partial charge < -0.3 is 20.4 Å². The van der Waals surface area contributed by atoms with Crippen molar-refractivity contribution in [3.05, 3.63) is 40.3 Å². The van der Waals surface area contributed by atoms with Gasteiger partial charge in [-0.05, 0) is 63.9 Å². The second-order valence-electron chi connectivity index (χ2n) is 9.22. The minimum Gasteiger partial charge on any atom is -0.356 e. The number of para-hydroxylation sites is 1. The predicted molar refractivity (Wildman–Crippen MR) is 135 cm³/mol. The fourth-order valence-corrected chi connectivity index (χ4v) is 5.34. The second kappa shape index (κ2) is 12.7. The number of hydrogen-bond donors (Lipinski definition) is 2. The monoisotopic (exact) mass is 498 g/mol. The van der Waals surface area contributed by atoms with Crippen LogP contribution in [0.15, 0.2) is 30.3 Å². The Kier molecular flexibility index (Phi) is 9.19. The van der Waals surface area contributed by atoms with Gasteiger partial charge in [-0.2, -0.15) is 0 Å². The van der Waals surface area contributed by atoms with Gasteiger partial charge >= 0.3 is 0 Å². The lowest BCUT2D eigenvalue weighted by Crippen LogP contribution is -2.45. The largest absolute Gasteiger partial charge is 0.356 e. The SMILES string of the molecule is O=C(Nc1ccccc1)c1nnc(C(=O)N2CCC[C@@H](C(=O)NCCCN3CCCCCC3)C2)s1. The molecule has 0 bridgehead atoms. The molecule has 188 valence electrons. The van der Waals surface area contributed by atoms with Gasteiger partial charge in [-0.3, -0.25) is 14.4 Å². The number of nitrogens with zero attached hydrogens (tertiary/aromatic N) is 4. The first kappa shape index (κ1) is 25.2. The molecule has 0 unspecified atom stereocenters. The summed E-state index contributed by atoms with van der Waals surface area (Å²) in [5.41, 5.74) is 0.650. The molecule has 2 aromatic rings. The number of hydrogen-bond acceptors (Lipinski definition) is 7. The molecule has 2 saturated heterocycles. The van der Waals surface area contributed by atoms with E-state index in [1.165, 1.54) is 25.7 Å². The van der Waals surface area contributed by atoms with E-state index in [4.69, 9.17) is 0 Å². The summed E-state index contributed by atoms with van der Waals surface area (Å²) in [6.45, 7) is 4.94. The van der Waals surface area contributed by atoms with Gasteiger partial charge in [-0.1, -0.05) is 42.4 Å². The van der Waals surface area contributed by atoms with Gasteiger partial charge in [0.1, 0.15) is 0 Å². The standard InChI is InChI=1S/C25H34N6O3S/c32-21(26-13-9-16-30-14-6-1-2-7-15-30)19-10-8-17-31(18-19)25(34)24-29-28-23(35-24)22(33)27-20-11-4-3-5-12-20/h3-5,11-12,19H,1-2,6-10,13-18H2,(H,26,32)(H,27,33)/t19-/m1/s1. The maximum atomic E-state index is 13.0. The lowest BCUT2D eigenvalue weighted by Gasteiger charge is -2.31. The minimum absolute atomic E-state index is 0.0126. The zero-order valence-corrected chi connectivity index (χ0v) is 20.9. The van der Waals surface area contributed by atoms with E-state index in [1.807, 2.05) is 18.2 Å². The van der Waals surface area contributed by atoms with E-state index in [9.17, 15) is 14.4 Å². The zero-order chi connectivity index (χ0) is 24.5. The van der Waals surface area contributed by atoms with Crippen LogP contribution in [-0.4, -0.2) is 77.0 Å². The Hall–Kier alpha value is -2.85. The summed E-state index contributed by atoms with van der Waals surface area (Å²) >= 11 is 0.973. The van der Waals surface area contributed by atoms with E-state index in [0.29, 0.717) is 25.3 Å². The molecule has 1 aromatic heterocycles. The number of benzene rings is 1. The highest BCUT2D eigenvalue weighted by atomic mass is 32.1. The Balaban J connectivity index is 1.23. The molecule has 0 saturated carbocycles. The number of amides is 3.